The maximum Gasteiger partial charge on any atom is 0.255 e. The van der Waals surface area contributed by atoms with Crippen molar-refractivity contribution in [2.75, 3.05) is 13.2 Å². The van der Waals surface area contributed by atoms with Gasteiger partial charge in [0.1, 0.15) is 5.65 Å². The predicted octanol–water partition coefficient (Wildman–Crippen LogP) is 1.32. The maximum atomic E-state index is 12.5. The highest BCUT2D eigenvalue weighted by Gasteiger charge is 2.26. The van der Waals surface area contributed by atoms with Crippen molar-refractivity contribution in [2.45, 2.75) is 25.3 Å². The second kappa shape index (κ2) is 5.01. The Hall–Kier alpha value is -1.88. The lowest BCUT2D eigenvalue weighted by atomic mass is 10.0. The van der Waals surface area contributed by atoms with Crippen molar-refractivity contribution in [1.82, 2.24) is 14.3 Å². The summed E-state index contributed by atoms with van der Waals surface area (Å²) >= 11 is 0. The maximum absolute atomic E-state index is 12.5. The van der Waals surface area contributed by atoms with E-state index in [2.05, 4.69) is 4.98 Å². The zero-order valence-corrected chi connectivity index (χ0v) is 10.7. The number of aliphatic hydroxyl groups excluding tert-OH is 1. The van der Waals surface area contributed by atoms with Crippen LogP contribution in [0.25, 0.3) is 5.65 Å². The monoisotopic (exact) mass is 259 g/mol. The molecule has 100 valence electrons. The molecule has 2 aromatic rings. The van der Waals surface area contributed by atoms with E-state index in [1.807, 2.05) is 16.7 Å². The number of fused-ring (bicyclic) bond motifs is 1. The number of likely N-dealkylation sites (tertiary alicyclic amines) is 1. The van der Waals surface area contributed by atoms with Crippen LogP contribution in [-0.2, 0) is 0 Å². The molecule has 1 amide bonds. The summed E-state index contributed by atoms with van der Waals surface area (Å²) in [6, 6.07) is 3.60. The van der Waals surface area contributed by atoms with Gasteiger partial charge in [0.05, 0.1) is 18.2 Å². The molecule has 1 aliphatic heterocycles. The van der Waals surface area contributed by atoms with E-state index < -0.39 is 0 Å². The molecule has 1 fully saturated rings. The lowest BCUT2D eigenvalue weighted by molar-refractivity contribution is 0.0502. The zero-order chi connectivity index (χ0) is 13.2. The van der Waals surface area contributed by atoms with Crippen LogP contribution in [0, 0.1) is 0 Å². The lowest BCUT2D eigenvalue weighted by Crippen LogP contribution is -2.45. The molecule has 0 aliphatic carbocycles. The van der Waals surface area contributed by atoms with Crippen molar-refractivity contribution < 1.29 is 9.90 Å². The quantitative estimate of drug-likeness (QED) is 0.885. The summed E-state index contributed by atoms with van der Waals surface area (Å²) in [5, 5.41) is 9.39. The number of pyridine rings is 1. The lowest BCUT2D eigenvalue weighted by Gasteiger charge is -2.34. The molecule has 1 atom stereocenters. The predicted molar refractivity (Wildman–Crippen MR) is 71.0 cm³/mol. The Balaban J connectivity index is 1.89. The number of aromatic nitrogens is 2. The average Bonchev–Trinajstić information content (AvgIpc) is 2.93. The molecule has 0 saturated carbocycles. The summed E-state index contributed by atoms with van der Waals surface area (Å²) in [6.07, 6.45) is 8.31. The van der Waals surface area contributed by atoms with Crippen molar-refractivity contribution in [3.8, 4) is 0 Å². The number of carbonyl (C=O) groups excluding carboxylic acids is 1. The summed E-state index contributed by atoms with van der Waals surface area (Å²) in [7, 11) is 0. The summed E-state index contributed by atoms with van der Waals surface area (Å²) in [4.78, 5) is 18.5. The van der Waals surface area contributed by atoms with Gasteiger partial charge in [0.15, 0.2) is 0 Å². The molecule has 5 nitrogen and oxygen atoms in total. The third-order valence-corrected chi connectivity index (χ3v) is 3.73. The van der Waals surface area contributed by atoms with Crippen LogP contribution in [0.1, 0.15) is 29.6 Å². The number of hydrogen-bond donors (Lipinski definition) is 1. The third-order valence-electron chi connectivity index (χ3n) is 3.73. The largest absolute Gasteiger partial charge is 0.394 e. The molecule has 1 N–H and O–H groups in total. The van der Waals surface area contributed by atoms with Gasteiger partial charge in [0.2, 0.25) is 0 Å². The van der Waals surface area contributed by atoms with Crippen LogP contribution in [0.5, 0.6) is 0 Å². The fourth-order valence-electron chi connectivity index (χ4n) is 2.67. The van der Waals surface area contributed by atoms with Gasteiger partial charge in [0.25, 0.3) is 5.91 Å². The van der Waals surface area contributed by atoms with Crippen molar-refractivity contribution in [2.24, 2.45) is 0 Å². The second-order valence-electron chi connectivity index (χ2n) is 4.94. The molecular weight excluding hydrogens is 242 g/mol. The first kappa shape index (κ1) is 12.2. The van der Waals surface area contributed by atoms with Crippen LogP contribution in [0.4, 0.5) is 0 Å². The van der Waals surface area contributed by atoms with E-state index in [4.69, 9.17) is 0 Å². The Morgan fingerprint density at radius 1 is 1.42 bits per heavy atom. The first-order chi connectivity index (χ1) is 9.29. The number of carbonyl (C=O) groups is 1. The van der Waals surface area contributed by atoms with Crippen molar-refractivity contribution in [1.29, 1.82) is 0 Å². The smallest absolute Gasteiger partial charge is 0.255 e. The SMILES string of the molecule is O=C(c1ccc2nccn2c1)N1CCCC[C@H]1CO. The van der Waals surface area contributed by atoms with Gasteiger partial charge in [-0.15, -0.1) is 0 Å². The standard InChI is InChI=1S/C14H17N3O2/c18-10-12-3-1-2-7-17(12)14(19)11-4-5-13-15-6-8-16(13)9-11/h4-6,8-9,12,18H,1-3,7,10H2/t12-/m0/s1. The van der Waals surface area contributed by atoms with Crippen LogP contribution in [-0.4, -0.2) is 44.5 Å². The Morgan fingerprint density at radius 3 is 3.16 bits per heavy atom. The van der Waals surface area contributed by atoms with Crippen LogP contribution in [0.3, 0.4) is 0 Å². The van der Waals surface area contributed by atoms with E-state index in [9.17, 15) is 9.90 Å². The van der Waals surface area contributed by atoms with E-state index in [1.54, 1.807) is 23.4 Å². The topological polar surface area (TPSA) is 57.8 Å². The molecule has 1 aliphatic rings. The molecule has 3 rings (SSSR count). The van der Waals surface area contributed by atoms with Crippen LogP contribution < -0.4 is 0 Å². The first-order valence-corrected chi connectivity index (χ1v) is 6.64. The van der Waals surface area contributed by atoms with E-state index in [1.165, 1.54) is 0 Å². The van der Waals surface area contributed by atoms with Gasteiger partial charge in [-0.1, -0.05) is 0 Å². The Labute approximate surface area is 111 Å². The minimum atomic E-state index is -0.0419. The van der Waals surface area contributed by atoms with Gasteiger partial charge in [-0.2, -0.15) is 0 Å². The van der Waals surface area contributed by atoms with Gasteiger partial charge in [-0.3, -0.25) is 4.79 Å². The summed E-state index contributed by atoms with van der Waals surface area (Å²) in [6.45, 7) is 0.769. The number of hydrogen-bond acceptors (Lipinski definition) is 3. The fraction of sp³-hybridized carbons (Fsp3) is 0.429. The Morgan fingerprint density at radius 2 is 2.32 bits per heavy atom. The molecule has 0 spiro atoms. The molecule has 5 heteroatoms. The van der Waals surface area contributed by atoms with Crippen molar-refractivity contribution >= 4 is 11.6 Å². The first-order valence-electron chi connectivity index (χ1n) is 6.64. The number of piperidine rings is 1. The van der Waals surface area contributed by atoms with Crippen molar-refractivity contribution in [3.63, 3.8) is 0 Å². The Bertz CT molecular complexity index is 593. The molecule has 0 radical (unpaired) electrons. The summed E-state index contributed by atoms with van der Waals surface area (Å²) < 4.78 is 1.84. The molecule has 0 aromatic carbocycles. The van der Waals surface area contributed by atoms with E-state index in [0.717, 1.165) is 31.5 Å². The zero-order valence-electron chi connectivity index (χ0n) is 10.7. The molecule has 0 bridgehead atoms. The van der Waals surface area contributed by atoms with E-state index in [-0.39, 0.29) is 18.6 Å². The molecule has 0 unspecified atom stereocenters. The fourth-order valence-corrected chi connectivity index (χ4v) is 2.67. The highest BCUT2D eigenvalue weighted by atomic mass is 16.3. The third kappa shape index (κ3) is 2.21. The number of nitrogens with zero attached hydrogens (tertiary/aromatic N) is 3. The minimum Gasteiger partial charge on any atom is -0.394 e. The van der Waals surface area contributed by atoms with Crippen LogP contribution in [0.2, 0.25) is 0 Å². The van der Waals surface area contributed by atoms with Gasteiger partial charge in [-0.05, 0) is 31.4 Å². The van der Waals surface area contributed by atoms with Gasteiger partial charge < -0.3 is 14.4 Å². The highest BCUT2D eigenvalue weighted by Crippen LogP contribution is 2.19. The molecule has 1 saturated heterocycles. The van der Waals surface area contributed by atoms with E-state index in [0.29, 0.717) is 5.56 Å². The Kier molecular flexibility index (Phi) is 3.21. The summed E-state index contributed by atoms with van der Waals surface area (Å²) in [5.74, 6) is -0.00523. The average molecular weight is 259 g/mol. The van der Waals surface area contributed by atoms with Gasteiger partial charge >= 0.3 is 0 Å². The molecule has 3 heterocycles. The van der Waals surface area contributed by atoms with Gasteiger partial charge in [-0.25, -0.2) is 4.98 Å². The summed E-state index contributed by atoms with van der Waals surface area (Å²) in [5.41, 5.74) is 1.47. The van der Waals surface area contributed by atoms with Gasteiger partial charge in [0, 0.05) is 25.1 Å². The van der Waals surface area contributed by atoms with E-state index >= 15 is 0 Å². The number of rotatable bonds is 2. The number of amides is 1. The molecular formula is C14H17N3O2. The molecule has 2 aromatic heterocycles. The number of aliphatic hydroxyl groups is 1. The molecule has 19 heavy (non-hydrogen) atoms. The van der Waals surface area contributed by atoms with Crippen LogP contribution in [0.15, 0.2) is 30.7 Å². The number of imidazole rings is 1. The van der Waals surface area contributed by atoms with Crippen LogP contribution >= 0.6 is 0 Å². The minimum absolute atomic E-state index is 0.00523. The highest BCUT2D eigenvalue weighted by molar-refractivity contribution is 5.94. The normalized spacial score (nSPS) is 19.8. The van der Waals surface area contributed by atoms with Crippen molar-refractivity contribution in [3.05, 3.63) is 36.3 Å². The second-order valence-corrected chi connectivity index (χ2v) is 4.94.